The normalized spacial score (nSPS) is 18.3. The topological polar surface area (TPSA) is 65.0 Å². The van der Waals surface area contributed by atoms with Crippen molar-refractivity contribution in [1.29, 1.82) is 0 Å². The number of hydrogen-bond acceptors (Lipinski definition) is 4. The van der Waals surface area contributed by atoms with Crippen LogP contribution in [-0.2, 0) is 4.43 Å². The van der Waals surface area contributed by atoms with Crippen LogP contribution < -0.4 is 19.8 Å². The molecule has 3 aromatic carbocycles. The van der Waals surface area contributed by atoms with Gasteiger partial charge in [0, 0.05) is 12.5 Å². The zero-order valence-corrected chi connectivity index (χ0v) is 21.9. The average molecular weight is 491 g/mol. The first-order chi connectivity index (χ1) is 16.7. The van der Waals surface area contributed by atoms with E-state index in [1.165, 1.54) is 22.5 Å². The predicted molar refractivity (Wildman–Crippen MR) is 141 cm³/mol. The van der Waals surface area contributed by atoms with Gasteiger partial charge in [0.25, 0.3) is 8.32 Å². The number of aromatic carboxylic acids is 1. The van der Waals surface area contributed by atoms with Gasteiger partial charge in [-0.15, -0.1) is 0 Å². The first-order valence-corrected chi connectivity index (χ1v) is 14.0. The summed E-state index contributed by atoms with van der Waals surface area (Å²) in [5, 5.41) is 11.8. The lowest BCUT2D eigenvalue weighted by atomic mass is 10.2. The Morgan fingerprint density at radius 3 is 1.94 bits per heavy atom. The standard InChI is InChI=1S/C29H34O5Si/c1-29(2,3)35(24-11-7-5-8-12-24,25-13-9-6-10-14-25)34-23-17-16-22(20-23)33-27-19-21(28(30)31)15-18-26(27)32-4/h5-15,18-19,22-23H,16-17,20H2,1-4H3,(H,30,31)/t22-,23-/m1/s1. The van der Waals surface area contributed by atoms with Crippen molar-refractivity contribution in [1.82, 2.24) is 0 Å². The van der Waals surface area contributed by atoms with Gasteiger partial charge in [0.15, 0.2) is 11.5 Å². The van der Waals surface area contributed by atoms with E-state index in [9.17, 15) is 9.90 Å². The molecule has 1 aliphatic rings. The molecule has 0 radical (unpaired) electrons. The molecular weight excluding hydrogens is 456 g/mol. The van der Waals surface area contributed by atoms with Crippen LogP contribution in [0.25, 0.3) is 0 Å². The first kappa shape index (κ1) is 25.0. The summed E-state index contributed by atoms with van der Waals surface area (Å²) in [6, 6.07) is 26.0. The molecule has 1 saturated carbocycles. The Balaban J connectivity index is 1.62. The van der Waals surface area contributed by atoms with E-state index in [-0.39, 0.29) is 22.8 Å². The Hall–Kier alpha value is -3.09. The maximum Gasteiger partial charge on any atom is 0.335 e. The van der Waals surface area contributed by atoms with Crippen molar-refractivity contribution in [2.45, 2.75) is 57.3 Å². The Labute approximate surface area is 208 Å². The second kappa shape index (κ2) is 10.3. The molecule has 0 saturated heterocycles. The first-order valence-electron chi connectivity index (χ1n) is 12.1. The minimum Gasteiger partial charge on any atom is -0.493 e. The minimum absolute atomic E-state index is 0.0416. The van der Waals surface area contributed by atoms with Gasteiger partial charge in [-0.25, -0.2) is 4.79 Å². The molecule has 0 heterocycles. The van der Waals surface area contributed by atoms with Gasteiger partial charge in [0.1, 0.15) is 6.10 Å². The van der Waals surface area contributed by atoms with Gasteiger partial charge in [-0.3, -0.25) is 0 Å². The number of benzene rings is 3. The van der Waals surface area contributed by atoms with E-state index in [2.05, 4.69) is 69.3 Å². The number of hydrogen-bond donors (Lipinski definition) is 1. The van der Waals surface area contributed by atoms with Crippen LogP contribution in [0.1, 0.15) is 50.4 Å². The maximum absolute atomic E-state index is 11.5. The highest BCUT2D eigenvalue weighted by atomic mass is 28.4. The van der Waals surface area contributed by atoms with Crippen LogP contribution in [0.15, 0.2) is 78.9 Å². The van der Waals surface area contributed by atoms with Crippen LogP contribution in [0.2, 0.25) is 5.04 Å². The largest absolute Gasteiger partial charge is 0.493 e. The molecule has 0 bridgehead atoms. The zero-order chi connectivity index (χ0) is 25.1. The molecule has 5 nitrogen and oxygen atoms in total. The van der Waals surface area contributed by atoms with Gasteiger partial charge in [0.05, 0.1) is 12.7 Å². The van der Waals surface area contributed by atoms with Crippen LogP contribution >= 0.6 is 0 Å². The molecule has 4 rings (SSSR count). The molecule has 0 unspecified atom stereocenters. The number of carboxylic acids is 1. The highest BCUT2D eigenvalue weighted by molar-refractivity contribution is 6.99. The molecule has 1 N–H and O–H groups in total. The monoisotopic (exact) mass is 490 g/mol. The number of methoxy groups -OCH3 is 1. The van der Waals surface area contributed by atoms with Gasteiger partial charge in [-0.1, -0.05) is 81.4 Å². The fraction of sp³-hybridized carbons (Fsp3) is 0.345. The second-order valence-electron chi connectivity index (χ2n) is 10.1. The van der Waals surface area contributed by atoms with Crippen LogP contribution in [-0.4, -0.2) is 38.7 Å². The zero-order valence-electron chi connectivity index (χ0n) is 20.9. The van der Waals surface area contributed by atoms with Gasteiger partial charge in [0.2, 0.25) is 0 Å². The van der Waals surface area contributed by atoms with Crippen molar-refractivity contribution >= 4 is 24.7 Å². The molecule has 0 amide bonds. The molecule has 1 aliphatic carbocycles. The van der Waals surface area contributed by atoms with E-state index in [0.717, 1.165) is 19.3 Å². The number of ether oxygens (including phenoxy) is 2. The molecule has 35 heavy (non-hydrogen) atoms. The van der Waals surface area contributed by atoms with Crippen molar-refractivity contribution in [2.75, 3.05) is 7.11 Å². The Kier molecular flexibility index (Phi) is 7.33. The minimum atomic E-state index is -2.64. The molecule has 1 fully saturated rings. The molecule has 0 aromatic heterocycles. The van der Waals surface area contributed by atoms with Crippen molar-refractivity contribution in [3.8, 4) is 11.5 Å². The predicted octanol–water partition coefficient (Wildman–Crippen LogP) is 5.27. The lowest BCUT2D eigenvalue weighted by Crippen LogP contribution is -2.67. The SMILES string of the molecule is COc1ccc(C(=O)O)cc1O[C@@H]1CC[C@@H](O[Si](c2ccccc2)(c2ccccc2)C(C)(C)C)C1. The molecule has 0 spiro atoms. The van der Waals surface area contributed by atoms with Crippen molar-refractivity contribution < 1.29 is 23.8 Å². The highest BCUT2D eigenvalue weighted by Gasteiger charge is 2.52. The molecular formula is C29H34O5Si. The van der Waals surface area contributed by atoms with Gasteiger partial charge in [-0.05, 0) is 46.5 Å². The summed E-state index contributed by atoms with van der Waals surface area (Å²) in [5.41, 5.74) is 0.180. The van der Waals surface area contributed by atoms with Crippen LogP contribution in [0.3, 0.4) is 0 Å². The third-order valence-electron chi connectivity index (χ3n) is 6.80. The lowest BCUT2D eigenvalue weighted by Gasteiger charge is -2.44. The third-order valence-corrected chi connectivity index (χ3v) is 11.9. The molecule has 6 heteroatoms. The summed E-state index contributed by atoms with van der Waals surface area (Å²) < 4.78 is 18.9. The van der Waals surface area contributed by atoms with Gasteiger partial charge >= 0.3 is 5.97 Å². The van der Waals surface area contributed by atoms with Gasteiger partial charge < -0.3 is 19.0 Å². The second-order valence-corrected chi connectivity index (χ2v) is 14.4. The van der Waals surface area contributed by atoms with Crippen LogP contribution in [0.4, 0.5) is 0 Å². The molecule has 0 aliphatic heterocycles. The summed E-state index contributed by atoms with van der Waals surface area (Å²) >= 11 is 0. The van der Waals surface area contributed by atoms with Crippen molar-refractivity contribution in [3.05, 3.63) is 84.4 Å². The Bertz CT molecular complexity index is 1100. The number of carbonyl (C=O) groups is 1. The Morgan fingerprint density at radius 2 is 1.43 bits per heavy atom. The van der Waals surface area contributed by atoms with Crippen molar-refractivity contribution in [2.24, 2.45) is 0 Å². The number of rotatable bonds is 8. The highest BCUT2D eigenvalue weighted by Crippen LogP contribution is 2.40. The summed E-state index contributed by atoms with van der Waals surface area (Å²) in [7, 11) is -1.07. The summed E-state index contributed by atoms with van der Waals surface area (Å²) in [6.45, 7) is 6.85. The van der Waals surface area contributed by atoms with Crippen LogP contribution in [0, 0.1) is 0 Å². The van der Waals surface area contributed by atoms with E-state index < -0.39 is 14.3 Å². The maximum atomic E-state index is 11.5. The van der Waals surface area contributed by atoms with Gasteiger partial charge in [-0.2, -0.15) is 0 Å². The smallest absolute Gasteiger partial charge is 0.335 e. The average Bonchev–Trinajstić information content (AvgIpc) is 3.29. The quantitative estimate of drug-likeness (QED) is 0.436. The summed E-state index contributed by atoms with van der Waals surface area (Å²) in [6.07, 6.45) is 2.43. The summed E-state index contributed by atoms with van der Waals surface area (Å²) in [5.74, 6) is 0.00617. The fourth-order valence-electron chi connectivity index (χ4n) is 5.14. The van der Waals surface area contributed by atoms with E-state index in [1.807, 2.05) is 12.1 Å². The lowest BCUT2D eigenvalue weighted by molar-refractivity contribution is 0.0695. The third kappa shape index (κ3) is 5.14. The van der Waals surface area contributed by atoms with Crippen molar-refractivity contribution in [3.63, 3.8) is 0 Å². The molecule has 2 atom stereocenters. The fourth-order valence-corrected chi connectivity index (χ4v) is 9.87. The van der Waals surface area contributed by atoms with E-state index in [4.69, 9.17) is 13.9 Å². The van der Waals surface area contributed by atoms with E-state index in [0.29, 0.717) is 11.5 Å². The van der Waals surface area contributed by atoms with E-state index >= 15 is 0 Å². The molecule has 184 valence electrons. The number of carboxylic acid groups (broad SMARTS) is 1. The summed E-state index contributed by atoms with van der Waals surface area (Å²) in [4.78, 5) is 11.5. The Morgan fingerprint density at radius 1 is 0.857 bits per heavy atom. The van der Waals surface area contributed by atoms with Crippen LogP contribution in [0.5, 0.6) is 11.5 Å². The van der Waals surface area contributed by atoms with E-state index in [1.54, 1.807) is 13.2 Å². The molecule has 3 aromatic rings.